The number of rotatable bonds is 10. The number of anilines is 2. The van der Waals surface area contributed by atoms with E-state index in [0.717, 1.165) is 5.56 Å². The maximum absolute atomic E-state index is 12.5. The fourth-order valence-corrected chi connectivity index (χ4v) is 3.26. The van der Waals surface area contributed by atoms with Crippen LogP contribution in [0.25, 0.3) is 6.08 Å². The average Bonchev–Trinajstić information content (AvgIpc) is 2.86. The molecule has 0 atom stereocenters. The van der Waals surface area contributed by atoms with Crippen LogP contribution in [0.4, 0.5) is 24.5 Å². The fraction of sp³-hybridized carbons (Fsp3) is 0.185. The largest absolute Gasteiger partial charge is 0.493 e. The molecular weight excluding hydrogens is 505 g/mol. The standard InChI is InChI=1S/C27H25F3N2O6/c1-35-24-14-17(3-9-25(33)36-11-10-18-12-20(31)15-21(32)13-18)2-8-23(24)38-26(34)19-4-6-22(7-5-19)37-16-27(28,29)30/h2-9,12-15H,10-11,16,31-32H2,1H3/b9-3+. The second-order valence-electron chi connectivity index (χ2n) is 7.99. The number of methoxy groups -OCH3 is 1. The molecule has 0 heterocycles. The van der Waals surface area contributed by atoms with E-state index in [9.17, 15) is 22.8 Å². The van der Waals surface area contributed by atoms with Crippen LogP contribution in [0.3, 0.4) is 0 Å². The SMILES string of the molecule is COc1cc(/C=C/C(=O)OCCc2cc(N)cc(N)c2)ccc1OC(=O)c1ccc(OCC(F)(F)F)cc1. The molecule has 3 rings (SSSR count). The predicted octanol–water partition coefficient (Wildman–Crippen LogP) is 4.82. The van der Waals surface area contributed by atoms with Gasteiger partial charge in [-0.2, -0.15) is 13.2 Å². The fourth-order valence-electron chi connectivity index (χ4n) is 3.26. The normalized spacial score (nSPS) is 11.3. The van der Waals surface area contributed by atoms with Gasteiger partial charge in [0.25, 0.3) is 0 Å². The molecule has 38 heavy (non-hydrogen) atoms. The first-order valence-corrected chi connectivity index (χ1v) is 11.2. The smallest absolute Gasteiger partial charge is 0.422 e. The number of benzene rings is 3. The summed E-state index contributed by atoms with van der Waals surface area (Å²) in [5, 5.41) is 0. The Labute approximate surface area is 216 Å². The number of hydrogen-bond donors (Lipinski definition) is 2. The van der Waals surface area contributed by atoms with Gasteiger partial charge in [-0.3, -0.25) is 0 Å². The number of hydrogen-bond acceptors (Lipinski definition) is 8. The average molecular weight is 530 g/mol. The lowest BCUT2D eigenvalue weighted by Crippen LogP contribution is -2.19. The molecule has 4 N–H and O–H groups in total. The highest BCUT2D eigenvalue weighted by atomic mass is 19.4. The monoisotopic (exact) mass is 530 g/mol. The van der Waals surface area contributed by atoms with E-state index in [1.165, 1.54) is 49.6 Å². The van der Waals surface area contributed by atoms with Gasteiger partial charge in [0.1, 0.15) is 5.75 Å². The molecule has 3 aromatic carbocycles. The van der Waals surface area contributed by atoms with Crippen molar-refractivity contribution < 1.29 is 41.7 Å². The van der Waals surface area contributed by atoms with E-state index in [4.69, 9.17) is 25.7 Å². The topological polar surface area (TPSA) is 123 Å². The van der Waals surface area contributed by atoms with Crippen molar-refractivity contribution in [3.63, 3.8) is 0 Å². The number of carbonyl (C=O) groups is 2. The van der Waals surface area contributed by atoms with Gasteiger partial charge in [0.05, 0.1) is 19.3 Å². The van der Waals surface area contributed by atoms with E-state index in [1.54, 1.807) is 30.3 Å². The number of esters is 2. The van der Waals surface area contributed by atoms with Crippen LogP contribution in [0.15, 0.2) is 66.7 Å². The number of ether oxygens (including phenoxy) is 4. The van der Waals surface area contributed by atoms with Gasteiger partial charge < -0.3 is 30.4 Å². The third-order valence-electron chi connectivity index (χ3n) is 4.97. The van der Waals surface area contributed by atoms with Gasteiger partial charge in [-0.25, -0.2) is 9.59 Å². The summed E-state index contributed by atoms with van der Waals surface area (Å²) in [6.07, 6.45) is -1.26. The predicted molar refractivity (Wildman–Crippen MR) is 135 cm³/mol. The highest BCUT2D eigenvalue weighted by Crippen LogP contribution is 2.29. The highest BCUT2D eigenvalue weighted by Gasteiger charge is 2.28. The molecule has 0 aliphatic heterocycles. The zero-order valence-electron chi connectivity index (χ0n) is 20.3. The molecular formula is C27H25F3N2O6. The van der Waals surface area contributed by atoms with Crippen molar-refractivity contribution in [2.75, 3.05) is 31.8 Å². The summed E-state index contributed by atoms with van der Waals surface area (Å²) in [7, 11) is 1.38. The molecule has 0 unspecified atom stereocenters. The Hall–Kier alpha value is -4.67. The third kappa shape index (κ3) is 8.77. The molecule has 0 spiro atoms. The van der Waals surface area contributed by atoms with Crippen LogP contribution >= 0.6 is 0 Å². The maximum atomic E-state index is 12.5. The zero-order valence-corrected chi connectivity index (χ0v) is 20.3. The Morgan fingerprint density at radius 3 is 2.24 bits per heavy atom. The molecule has 0 saturated carbocycles. The van der Waals surface area contributed by atoms with Crippen LogP contribution in [0.2, 0.25) is 0 Å². The van der Waals surface area contributed by atoms with E-state index in [0.29, 0.717) is 23.4 Å². The molecule has 11 heteroatoms. The Morgan fingerprint density at radius 1 is 0.921 bits per heavy atom. The van der Waals surface area contributed by atoms with Gasteiger partial charge >= 0.3 is 18.1 Å². The van der Waals surface area contributed by atoms with Gasteiger partial charge in [0.15, 0.2) is 18.1 Å². The van der Waals surface area contributed by atoms with Gasteiger partial charge in [-0.15, -0.1) is 0 Å². The first kappa shape index (κ1) is 27.9. The second kappa shape index (κ2) is 12.5. The van der Waals surface area contributed by atoms with Crippen molar-refractivity contribution in [3.8, 4) is 17.2 Å². The quantitative estimate of drug-likeness (QED) is 0.166. The number of nitrogen functional groups attached to an aromatic ring is 2. The Balaban J connectivity index is 1.55. The summed E-state index contributed by atoms with van der Waals surface area (Å²) in [5.74, 6) is -1.02. The Bertz CT molecular complexity index is 1290. The lowest BCUT2D eigenvalue weighted by Gasteiger charge is -2.11. The Kier molecular flexibility index (Phi) is 9.20. The van der Waals surface area contributed by atoms with Gasteiger partial charge in [0, 0.05) is 23.9 Å². The summed E-state index contributed by atoms with van der Waals surface area (Å²) in [4.78, 5) is 24.5. The number of carbonyl (C=O) groups excluding carboxylic acids is 2. The molecule has 0 fully saturated rings. The molecule has 0 aliphatic rings. The minimum atomic E-state index is -4.47. The first-order chi connectivity index (χ1) is 18.0. The molecule has 3 aromatic rings. The number of nitrogens with two attached hydrogens (primary N) is 2. The van der Waals surface area contributed by atoms with Crippen LogP contribution in [-0.2, 0) is 16.0 Å². The first-order valence-electron chi connectivity index (χ1n) is 11.2. The summed E-state index contributed by atoms with van der Waals surface area (Å²) < 4.78 is 57.2. The lowest BCUT2D eigenvalue weighted by molar-refractivity contribution is -0.153. The van der Waals surface area contributed by atoms with Crippen molar-refractivity contribution >= 4 is 29.4 Å². The minimum Gasteiger partial charge on any atom is -0.493 e. The summed E-state index contributed by atoms with van der Waals surface area (Å²) >= 11 is 0. The van der Waals surface area contributed by atoms with Crippen molar-refractivity contribution in [1.29, 1.82) is 0 Å². The van der Waals surface area contributed by atoms with Crippen LogP contribution in [0.5, 0.6) is 17.2 Å². The van der Waals surface area contributed by atoms with E-state index >= 15 is 0 Å². The molecule has 8 nitrogen and oxygen atoms in total. The minimum absolute atomic E-state index is 0.0411. The number of alkyl halides is 3. The lowest BCUT2D eigenvalue weighted by atomic mass is 10.1. The maximum Gasteiger partial charge on any atom is 0.422 e. The third-order valence-corrected chi connectivity index (χ3v) is 4.97. The van der Waals surface area contributed by atoms with Crippen LogP contribution in [-0.4, -0.2) is 38.4 Å². The van der Waals surface area contributed by atoms with Crippen molar-refractivity contribution in [2.24, 2.45) is 0 Å². The molecule has 200 valence electrons. The van der Waals surface area contributed by atoms with E-state index < -0.39 is 24.7 Å². The highest BCUT2D eigenvalue weighted by molar-refractivity contribution is 5.91. The molecule has 0 radical (unpaired) electrons. The van der Waals surface area contributed by atoms with Crippen molar-refractivity contribution in [1.82, 2.24) is 0 Å². The van der Waals surface area contributed by atoms with E-state index in [2.05, 4.69) is 4.74 Å². The van der Waals surface area contributed by atoms with Crippen LogP contribution in [0, 0.1) is 0 Å². The Morgan fingerprint density at radius 2 is 1.61 bits per heavy atom. The zero-order chi connectivity index (χ0) is 27.7. The molecule has 0 amide bonds. The van der Waals surface area contributed by atoms with Crippen LogP contribution in [0.1, 0.15) is 21.5 Å². The summed E-state index contributed by atoms with van der Waals surface area (Å²) in [6, 6.07) is 14.8. The second-order valence-corrected chi connectivity index (χ2v) is 7.99. The van der Waals surface area contributed by atoms with Gasteiger partial charge in [-0.05, 0) is 71.8 Å². The summed E-state index contributed by atoms with van der Waals surface area (Å²) in [6.45, 7) is -1.30. The number of halogens is 3. The van der Waals surface area contributed by atoms with Crippen LogP contribution < -0.4 is 25.7 Å². The van der Waals surface area contributed by atoms with Crippen molar-refractivity contribution in [2.45, 2.75) is 12.6 Å². The molecule has 0 aliphatic carbocycles. The van der Waals surface area contributed by atoms with Gasteiger partial charge in [-0.1, -0.05) is 6.07 Å². The molecule has 0 aromatic heterocycles. The van der Waals surface area contributed by atoms with Gasteiger partial charge in [0.2, 0.25) is 0 Å². The van der Waals surface area contributed by atoms with E-state index in [1.807, 2.05) is 0 Å². The van der Waals surface area contributed by atoms with Crippen molar-refractivity contribution in [3.05, 3.63) is 83.4 Å². The molecule has 0 bridgehead atoms. The molecule has 0 saturated heterocycles. The summed E-state index contributed by atoms with van der Waals surface area (Å²) in [5.41, 5.74) is 14.1. The van der Waals surface area contributed by atoms with E-state index in [-0.39, 0.29) is 29.4 Å².